The van der Waals surface area contributed by atoms with E-state index in [-0.39, 0.29) is 0 Å². The van der Waals surface area contributed by atoms with Crippen molar-refractivity contribution < 1.29 is 4.57 Å². The lowest BCUT2D eigenvalue weighted by molar-refractivity contribution is 0.581. The summed E-state index contributed by atoms with van der Waals surface area (Å²) >= 11 is 1.33. The molecule has 1 atom stereocenters. The lowest BCUT2D eigenvalue weighted by atomic mass is 10.4. The van der Waals surface area contributed by atoms with Crippen molar-refractivity contribution in [2.45, 2.75) is 19.8 Å². The fraction of sp³-hybridized carbons (Fsp3) is 1.00. The molecule has 0 aromatic rings. The first-order chi connectivity index (χ1) is 4.62. The molecule has 62 valence electrons. The minimum atomic E-state index is -2.54. The monoisotopic (exact) mass is 182 g/mol. The van der Waals surface area contributed by atoms with Gasteiger partial charge in [0.1, 0.15) is 0 Å². The van der Waals surface area contributed by atoms with Crippen LogP contribution in [0.4, 0.5) is 0 Å². The number of nitrogens with two attached hydrogens (primary N) is 1. The van der Waals surface area contributed by atoms with Crippen LogP contribution >= 0.6 is 18.0 Å². The van der Waals surface area contributed by atoms with E-state index < -0.39 is 6.65 Å². The molecule has 0 radical (unpaired) electrons. The molecule has 3 N–H and O–H groups in total. The Bertz CT molecular complexity index is 131. The molecule has 0 aromatic heterocycles. The molecule has 0 spiro atoms. The second kappa shape index (κ2) is 5.19. The highest BCUT2D eigenvalue weighted by Crippen LogP contribution is 2.46. The van der Waals surface area contributed by atoms with Crippen LogP contribution in [-0.4, -0.2) is 12.8 Å². The van der Waals surface area contributed by atoms with Crippen LogP contribution in [0.25, 0.3) is 0 Å². The summed E-state index contributed by atoms with van der Waals surface area (Å²) in [6.45, 7) is -0.438. The van der Waals surface area contributed by atoms with Crippen LogP contribution in [0.1, 0.15) is 19.8 Å². The standard InChI is InChI=1S/C5H15N2OPS/c1-3-4-5-10-9(6,8)7-2/h3-5H2,1-2H3,(H3,6,7,8). The normalized spacial score (nSPS) is 16.7. The molecule has 3 nitrogen and oxygen atoms in total. The van der Waals surface area contributed by atoms with E-state index in [9.17, 15) is 4.57 Å². The Morgan fingerprint density at radius 1 is 1.70 bits per heavy atom. The van der Waals surface area contributed by atoms with Gasteiger partial charge in [0.25, 0.3) is 6.65 Å². The van der Waals surface area contributed by atoms with Gasteiger partial charge in [0.05, 0.1) is 0 Å². The molecule has 0 saturated carbocycles. The van der Waals surface area contributed by atoms with E-state index in [2.05, 4.69) is 12.0 Å². The molecule has 1 unspecified atom stereocenters. The summed E-state index contributed by atoms with van der Waals surface area (Å²) in [7, 11) is 1.62. The fourth-order valence-corrected chi connectivity index (χ4v) is 2.82. The van der Waals surface area contributed by atoms with Gasteiger partial charge in [-0.2, -0.15) is 0 Å². The predicted molar refractivity (Wildman–Crippen MR) is 48.2 cm³/mol. The van der Waals surface area contributed by atoms with Crippen molar-refractivity contribution in [2.75, 3.05) is 12.8 Å². The third-order valence-electron chi connectivity index (χ3n) is 1.09. The number of hydrogen-bond donors (Lipinski definition) is 2. The zero-order valence-electron chi connectivity index (χ0n) is 6.46. The van der Waals surface area contributed by atoms with E-state index in [1.807, 2.05) is 0 Å². The molecule has 0 fully saturated rings. The second-order valence-electron chi connectivity index (χ2n) is 2.01. The summed E-state index contributed by atoms with van der Waals surface area (Å²) < 4.78 is 11.1. The van der Waals surface area contributed by atoms with Crippen molar-refractivity contribution >= 4 is 18.0 Å². The molecule has 0 amide bonds. The van der Waals surface area contributed by atoms with Crippen molar-refractivity contribution in [3.05, 3.63) is 0 Å². The van der Waals surface area contributed by atoms with Gasteiger partial charge < -0.3 is 0 Å². The summed E-state index contributed by atoms with van der Waals surface area (Å²) in [5.74, 6) is 0.880. The molecule has 10 heavy (non-hydrogen) atoms. The number of rotatable bonds is 5. The topological polar surface area (TPSA) is 55.1 Å². The summed E-state index contributed by atoms with van der Waals surface area (Å²) in [5, 5.41) is 2.60. The zero-order chi connectivity index (χ0) is 8.04. The van der Waals surface area contributed by atoms with Gasteiger partial charge in [0.2, 0.25) is 0 Å². The minimum Gasteiger partial charge on any atom is -0.277 e. The Morgan fingerprint density at radius 3 is 2.70 bits per heavy atom. The number of nitrogens with one attached hydrogen (secondary N) is 1. The molecule has 0 saturated heterocycles. The van der Waals surface area contributed by atoms with Crippen molar-refractivity contribution in [1.29, 1.82) is 0 Å². The van der Waals surface area contributed by atoms with Crippen molar-refractivity contribution in [3.8, 4) is 0 Å². The van der Waals surface area contributed by atoms with Crippen LogP contribution in [0.3, 0.4) is 0 Å². The van der Waals surface area contributed by atoms with E-state index in [1.54, 1.807) is 7.05 Å². The van der Waals surface area contributed by atoms with E-state index in [0.717, 1.165) is 18.6 Å². The summed E-state index contributed by atoms with van der Waals surface area (Å²) in [6.07, 6.45) is 2.20. The molecule has 0 bridgehead atoms. The molecule has 0 aliphatic heterocycles. The number of hydrogen-bond acceptors (Lipinski definition) is 2. The van der Waals surface area contributed by atoms with Gasteiger partial charge in [0, 0.05) is 5.75 Å². The molecular formula is C5H15N2OPS. The van der Waals surface area contributed by atoms with Gasteiger partial charge >= 0.3 is 0 Å². The van der Waals surface area contributed by atoms with Gasteiger partial charge in [0.15, 0.2) is 0 Å². The largest absolute Gasteiger partial charge is 0.277 e. The van der Waals surface area contributed by atoms with Gasteiger partial charge in [-0.1, -0.05) is 24.7 Å². The molecule has 0 heterocycles. The first kappa shape index (κ1) is 10.5. The Kier molecular flexibility index (Phi) is 5.45. The lowest BCUT2D eigenvalue weighted by Gasteiger charge is -2.08. The van der Waals surface area contributed by atoms with E-state index in [4.69, 9.17) is 5.50 Å². The highest BCUT2D eigenvalue weighted by atomic mass is 32.7. The third-order valence-corrected chi connectivity index (χ3v) is 4.82. The van der Waals surface area contributed by atoms with Crippen molar-refractivity contribution in [1.82, 2.24) is 5.09 Å². The SMILES string of the molecule is CCCCSP(N)(=O)NC. The summed E-state index contributed by atoms with van der Waals surface area (Å²) in [5.41, 5.74) is 5.36. The van der Waals surface area contributed by atoms with Crippen molar-refractivity contribution in [3.63, 3.8) is 0 Å². The van der Waals surface area contributed by atoms with Gasteiger partial charge in [-0.3, -0.25) is 10.1 Å². The van der Waals surface area contributed by atoms with Crippen LogP contribution in [0.2, 0.25) is 0 Å². The van der Waals surface area contributed by atoms with Gasteiger partial charge in [-0.15, -0.1) is 0 Å². The summed E-state index contributed by atoms with van der Waals surface area (Å²) in [6, 6.07) is 0. The van der Waals surface area contributed by atoms with Gasteiger partial charge in [-0.25, -0.2) is 5.09 Å². The van der Waals surface area contributed by atoms with Gasteiger partial charge in [-0.05, 0) is 13.5 Å². The number of unbranched alkanes of at least 4 members (excludes halogenated alkanes) is 1. The first-order valence-electron chi connectivity index (χ1n) is 3.34. The maximum Gasteiger partial charge on any atom is 0.263 e. The van der Waals surface area contributed by atoms with Crippen LogP contribution in [0.15, 0.2) is 0 Å². The molecule has 0 rings (SSSR count). The second-order valence-corrected chi connectivity index (χ2v) is 6.72. The zero-order valence-corrected chi connectivity index (χ0v) is 8.17. The smallest absolute Gasteiger partial charge is 0.263 e. The molecule has 0 aliphatic carbocycles. The quantitative estimate of drug-likeness (QED) is 0.503. The maximum atomic E-state index is 11.1. The molecule has 5 heteroatoms. The fourth-order valence-electron chi connectivity index (χ4n) is 0.409. The average molecular weight is 182 g/mol. The summed E-state index contributed by atoms with van der Waals surface area (Å²) in [4.78, 5) is 0. The molecular weight excluding hydrogens is 167 g/mol. The highest BCUT2D eigenvalue weighted by molar-refractivity contribution is 8.56. The van der Waals surface area contributed by atoms with Crippen LogP contribution in [0.5, 0.6) is 0 Å². The highest BCUT2D eigenvalue weighted by Gasteiger charge is 2.11. The Hall–Kier alpha value is 0.500. The molecule has 0 aliphatic rings. The Balaban J connectivity index is 3.38. The van der Waals surface area contributed by atoms with E-state index >= 15 is 0 Å². The minimum absolute atomic E-state index is 0.880. The Morgan fingerprint density at radius 2 is 2.30 bits per heavy atom. The average Bonchev–Trinajstić information content (AvgIpc) is 1.89. The lowest BCUT2D eigenvalue weighted by Crippen LogP contribution is -2.07. The predicted octanol–water partition coefficient (Wildman–Crippen LogP) is 1.81. The molecule has 0 aromatic carbocycles. The third kappa shape index (κ3) is 5.30. The van der Waals surface area contributed by atoms with Crippen LogP contribution in [0, 0.1) is 0 Å². The van der Waals surface area contributed by atoms with Crippen molar-refractivity contribution in [2.24, 2.45) is 5.50 Å². The van der Waals surface area contributed by atoms with E-state index in [0.29, 0.717) is 0 Å². The first-order valence-corrected chi connectivity index (χ1v) is 6.71. The van der Waals surface area contributed by atoms with Crippen LogP contribution < -0.4 is 10.6 Å². The Labute approximate surface area is 66.4 Å². The van der Waals surface area contributed by atoms with Crippen LogP contribution in [-0.2, 0) is 4.57 Å². The maximum absolute atomic E-state index is 11.1. The van der Waals surface area contributed by atoms with E-state index in [1.165, 1.54) is 11.4 Å².